The number of thiophene rings is 1. The molecule has 1 unspecified atom stereocenters. The van der Waals surface area contributed by atoms with Crippen LogP contribution in [0.4, 0.5) is 0 Å². The fraction of sp³-hybridized carbons (Fsp3) is 0.636. The Kier molecular flexibility index (Phi) is 4.82. The van der Waals surface area contributed by atoms with Gasteiger partial charge in [0.05, 0.1) is 5.25 Å². The Hall–Kier alpha value is 0.0500. The molecule has 18 heavy (non-hydrogen) atoms. The lowest BCUT2D eigenvalue weighted by Crippen LogP contribution is -2.39. The molecule has 2 N–H and O–H groups in total. The Labute approximate surface area is 120 Å². The van der Waals surface area contributed by atoms with Crippen LogP contribution in [0.25, 0.3) is 0 Å². The number of halogens is 1. The molecule has 0 aromatic carbocycles. The number of nitrogens with one attached hydrogen (secondary N) is 2. The van der Waals surface area contributed by atoms with Crippen molar-refractivity contribution < 1.29 is 8.42 Å². The van der Waals surface area contributed by atoms with Crippen molar-refractivity contribution in [1.82, 2.24) is 10.0 Å². The minimum Gasteiger partial charge on any atom is -0.313 e. The van der Waals surface area contributed by atoms with E-state index in [1.165, 1.54) is 12.8 Å². The Balaban J connectivity index is 1.83. The van der Waals surface area contributed by atoms with Gasteiger partial charge in [-0.2, -0.15) is 0 Å². The van der Waals surface area contributed by atoms with E-state index >= 15 is 0 Å². The minimum absolute atomic E-state index is 0.356. The summed E-state index contributed by atoms with van der Waals surface area (Å²) in [5.41, 5.74) is 0. The van der Waals surface area contributed by atoms with Gasteiger partial charge < -0.3 is 5.32 Å². The smallest absolute Gasteiger partial charge is 0.215 e. The van der Waals surface area contributed by atoms with Crippen LogP contribution in [0.15, 0.2) is 15.9 Å². The van der Waals surface area contributed by atoms with Gasteiger partial charge in [-0.05, 0) is 47.1 Å². The van der Waals surface area contributed by atoms with Crippen LogP contribution in [0.3, 0.4) is 0 Å². The highest BCUT2D eigenvalue weighted by Gasteiger charge is 2.25. The van der Waals surface area contributed by atoms with E-state index in [9.17, 15) is 8.42 Å². The molecule has 1 aromatic rings. The van der Waals surface area contributed by atoms with Crippen LogP contribution in [-0.4, -0.2) is 26.3 Å². The van der Waals surface area contributed by atoms with Gasteiger partial charge in [0.1, 0.15) is 0 Å². The van der Waals surface area contributed by atoms with Crippen molar-refractivity contribution in [3.63, 3.8) is 0 Å². The van der Waals surface area contributed by atoms with E-state index in [0.29, 0.717) is 19.1 Å². The first-order chi connectivity index (χ1) is 8.49. The fourth-order valence-electron chi connectivity index (χ4n) is 1.49. The van der Waals surface area contributed by atoms with Crippen molar-refractivity contribution in [1.29, 1.82) is 0 Å². The van der Waals surface area contributed by atoms with Crippen LogP contribution in [0.5, 0.6) is 0 Å². The van der Waals surface area contributed by atoms with Crippen LogP contribution < -0.4 is 10.0 Å². The lowest BCUT2D eigenvalue weighted by Gasteiger charge is -2.14. The molecule has 1 atom stereocenters. The van der Waals surface area contributed by atoms with Gasteiger partial charge in [0.2, 0.25) is 10.0 Å². The minimum atomic E-state index is -3.25. The molecule has 1 aliphatic rings. The largest absolute Gasteiger partial charge is 0.313 e. The Bertz CT molecular complexity index is 497. The zero-order chi connectivity index (χ0) is 13.2. The molecule has 0 bridgehead atoms. The summed E-state index contributed by atoms with van der Waals surface area (Å²) in [5.74, 6) is 0. The van der Waals surface area contributed by atoms with Crippen molar-refractivity contribution in [3.05, 3.63) is 20.8 Å². The molecule has 1 heterocycles. The van der Waals surface area contributed by atoms with Gasteiger partial charge in [-0.3, -0.25) is 0 Å². The quantitative estimate of drug-likeness (QED) is 0.789. The van der Waals surface area contributed by atoms with Gasteiger partial charge >= 0.3 is 0 Å². The molecule has 0 aliphatic heterocycles. The van der Waals surface area contributed by atoms with Gasteiger partial charge in [0, 0.05) is 28.5 Å². The zero-order valence-corrected chi connectivity index (χ0v) is 13.4. The number of hydrogen-bond donors (Lipinski definition) is 2. The van der Waals surface area contributed by atoms with E-state index in [-0.39, 0.29) is 0 Å². The molecule has 4 nitrogen and oxygen atoms in total. The van der Waals surface area contributed by atoms with Crippen molar-refractivity contribution in [3.8, 4) is 0 Å². The standard InChI is InChI=1S/C11H17BrN2O2S2/c1-8(6-13-9-2-3-9)18(15,16)14-7-11-10(12)4-5-17-11/h4-5,8-9,13-14H,2-3,6-7H2,1H3. The van der Waals surface area contributed by atoms with E-state index in [2.05, 4.69) is 26.0 Å². The highest BCUT2D eigenvalue weighted by atomic mass is 79.9. The second-order valence-electron chi connectivity index (χ2n) is 4.55. The molecule has 0 saturated heterocycles. The van der Waals surface area contributed by atoms with E-state index in [1.54, 1.807) is 18.3 Å². The first-order valence-corrected chi connectivity index (χ1v) is 9.14. The maximum atomic E-state index is 12.0. The van der Waals surface area contributed by atoms with Gasteiger partial charge in [-0.1, -0.05) is 0 Å². The topological polar surface area (TPSA) is 58.2 Å². The van der Waals surface area contributed by atoms with Gasteiger partial charge in [-0.15, -0.1) is 11.3 Å². The summed E-state index contributed by atoms with van der Waals surface area (Å²) < 4.78 is 27.6. The molecule has 0 radical (unpaired) electrons. The molecule has 0 amide bonds. The highest BCUT2D eigenvalue weighted by molar-refractivity contribution is 9.10. The van der Waals surface area contributed by atoms with E-state index in [4.69, 9.17) is 0 Å². The molecule has 1 saturated carbocycles. The SMILES string of the molecule is CC(CNC1CC1)S(=O)(=O)NCc1sccc1Br. The third-order valence-electron chi connectivity index (χ3n) is 2.93. The second-order valence-corrected chi connectivity index (χ2v) is 8.59. The predicted octanol–water partition coefficient (Wildman–Crippen LogP) is 2.07. The average Bonchev–Trinajstić information content (AvgIpc) is 3.06. The first kappa shape index (κ1) is 14.5. The Morgan fingerprint density at radius 2 is 2.28 bits per heavy atom. The summed E-state index contributed by atoms with van der Waals surface area (Å²) in [6.07, 6.45) is 2.34. The molecule has 2 rings (SSSR count). The number of rotatable bonds is 7. The van der Waals surface area contributed by atoms with Gasteiger partial charge in [0.15, 0.2) is 0 Å². The van der Waals surface area contributed by atoms with Crippen LogP contribution in [0.1, 0.15) is 24.6 Å². The molecule has 1 fully saturated rings. The fourth-order valence-corrected chi connectivity index (χ4v) is 3.96. The summed E-state index contributed by atoms with van der Waals surface area (Å²) >= 11 is 4.93. The zero-order valence-electron chi connectivity index (χ0n) is 10.1. The monoisotopic (exact) mass is 352 g/mol. The molecule has 0 spiro atoms. The van der Waals surface area contributed by atoms with Gasteiger partial charge in [-0.25, -0.2) is 13.1 Å². The van der Waals surface area contributed by atoms with Crippen molar-refractivity contribution >= 4 is 37.3 Å². The van der Waals surface area contributed by atoms with Crippen LogP contribution in [-0.2, 0) is 16.6 Å². The summed E-state index contributed by atoms with van der Waals surface area (Å²) in [6.45, 7) is 2.61. The van der Waals surface area contributed by atoms with E-state index in [1.807, 2.05) is 11.4 Å². The molecule has 102 valence electrons. The van der Waals surface area contributed by atoms with Crippen molar-refractivity contribution in [2.45, 2.75) is 37.6 Å². The molecular weight excluding hydrogens is 336 g/mol. The van der Waals surface area contributed by atoms with E-state index in [0.717, 1.165) is 9.35 Å². The summed E-state index contributed by atoms with van der Waals surface area (Å²) in [6, 6.07) is 2.46. The van der Waals surface area contributed by atoms with Gasteiger partial charge in [0.25, 0.3) is 0 Å². The summed E-state index contributed by atoms with van der Waals surface area (Å²) in [7, 11) is -3.25. The third kappa shape index (κ3) is 4.03. The molecule has 7 heteroatoms. The Morgan fingerprint density at radius 1 is 1.56 bits per heavy atom. The maximum absolute atomic E-state index is 12.0. The Morgan fingerprint density at radius 3 is 2.83 bits per heavy atom. The normalized spacial score (nSPS) is 17.9. The van der Waals surface area contributed by atoms with Crippen LogP contribution in [0.2, 0.25) is 0 Å². The second kappa shape index (κ2) is 6.00. The lowest BCUT2D eigenvalue weighted by molar-refractivity contribution is 0.557. The number of sulfonamides is 1. The highest BCUT2D eigenvalue weighted by Crippen LogP contribution is 2.22. The van der Waals surface area contributed by atoms with Crippen molar-refractivity contribution in [2.24, 2.45) is 0 Å². The lowest BCUT2D eigenvalue weighted by atomic mass is 10.4. The summed E-state index contributed by atoms with van der Waals surface area (Å²) in [4.78, 5) is 1.00. The maximum Gasteiger partial charge on any atom is 0.215 e. The van der Waals surface area contributed by atoms with E-state index < -0.39 is 15.3 Å². The van der Waals surface area contributed by atoms with Crippen LogP contribution >= 0.6 is 27.3 Å². The number of hydrogen-bond acceptors (Lipinski definition) is 4. The molecular formula is C11H17BrN2O2S2. The summed E-state index contributed by atoms with van der Waals surface area (Å²) in [5, 5.41) is 4.77. The van der Waals surface area contributed by atoms with Crippen LogP contribution in [0, 0.1) is 0 Å². The predicted molar refractivity (Wildman–Crippen MR) is 78.3 cm³/mol. The third-order valence-corrected chi connectivity index (χ3v) is 6.63. The average molecular weight is 353 g/mol. The molecule has 1 aliphatic carbocycles. The molecule has 1 aromatic heterocycles. The first-order valence-electron chi connectivity index (χ1n) is 5.93. The van der Waals surface area contributed by atoms with Crippen molar-refractivity contribution in [2.75, 3.05) is 6.54 Å².